The molecular formula is C19H20FNO4S. The number of carboxylic acid groups (broad SMARTS) is 1. The van der Waals surface area contributed by atoms with Gasteiger partial charge in [-0.25, -0.2) is 12.8 Å². The largest absolute Gasteiger partial charge is 0.481 e. The molecule has 3 rings (SSSR count). The van der Waals surface area contributed by atoms with E-state index in [0.29, 0.717) is 25.2 Å². The van der Waals surface area contributed by atoms with Gasteiger partial charge in [-0.05, 0) is 35.4 Å². The van der Waals surface area contributed by atoms with E-state index in [0.717, 1.165) is 11.8 Å². The van der Waals surface area contributed by atoms with Crippen LogP contribution in [0.2, 0.25) is 0 Å². The average molecular weight is 377 g/mol. The first-order valence-electron chi connectivity index (χ1n) is 8.23. The van der Waals surface area contributed by atoms with E-state index in [2.05, 4.69) is 0 Å². The number of halogens is 1. The first kappa shape index (κ1) is 18.5. The molecule has 0 spiro atoms. The van der Waals surface area contributed by atoms with Crippen LogP contribution in [0.3, 0.4) is 0 Å². The second-order valence-electron chi connectivity index (χ2n) is 6.72. The van der Waals surface area contributed by atoms with E-state index in [1.165, 1.54) is 12.1 Å². The Balaban J connectivity index is 1.77. The quantitative estimate of drug-likeness (QED) is 0.867. The number of aliphatic carboxylic acids is 1. The maximum Gasteiger partial charge on any atom is 0.308 e. The fourth-order valence-electron chi connectivity index (χ4n) is 3.44. The van der Waals surface area contributed by atoms with Gasteiger partial charge in [0.2, 0.25) is 0 Å². The molecule has 1 saturated heterocycles. The Hall–Kier alpha value is -2.25. The van der Waals surface area contributed by atoms with Crippen molar-refractivity contribution in [2.24, 2.45) is 5.92 Å². The van der Waals surface area contributed by atoms with Crippen molar-refractivity contribution in [3.05, 3.63) is 65.5 Å². The van der Waals surface area contributed by atoms with Gasteiger partial charge in [0, 0.05) is 31.8 Å². The van der Waals surface area contributed by atoms with Gasteiger partial charge < -0.3 is 5.11 Å². The van der Waals surface area contributed by atoms with Gasteiger partial charge in [-0.15, -0.1) is 0 Å². The van der Waals surface area contributed by atoms with Crippen LogP contribution in [0.25, 0.3) is 0 Å². The molecule has 2 aromatic carbocycles. The van der Waals surface area contributed by atoms with Gasteiger partial charge in [-0.2, -0.15) is 0 Å². The van der Waals surface area contributed by atoms with Crippen LogP contribution in [0.5, 0.6) is 0 Å². The Morgan fingerprint density at radius 1 is 1.19 bits per heavy atom. The van der Waals surface area contributed by atoms with Crippen LogP contribution in [0.4, 0.5) is 4.39 Å². The maximum atomic E-state index is 13.5. The lowest BCUT2D eigenvalue weighted by Crippen LogP contribution is -2.23. The summed E-state index contributed by atoms with van der Waals surface area (Å²) >= 11 is 0. The summed E-state index contributed by atoms with van der Waals surface area (Å²) < 4.78 is 36.6. The van der Waals surface area contributed by atoms with Crippen molar-refractivity contribution in [2.75, 3.05) is 19.3 Å². The smallest absolute Gasteiger partial charge is 0.308 e. The van der Waals surface area contributed by atoms with E-state index < -0.39 is 21.7 Å². The van der Waals surface area contributed by atoms with Crippen LogP contribution >= 0.6 is 0 Å². The molecule has 0 radical (unpaired) electrons. The highest BCUT2D eigenvalue weighted by atomic mass is 32.2. The minimum atomic E-state index is -3.24. The van der Waals surface area contributed by atoms with Crippen LogP contribution in [0, 0.1) is 11.7 Å². The van der Waals surface area contributed by atoms with E-state index >= 15 is 0 Å². The third-order valence-electron chi connectivity index (χ3n) is 4.75. The molecule has 0 amide bonds. The highest BCUT2D eigenvalue weighted by Gasteiger charge is 2.38. The minimum absolute atomic E-state index is 0.253. The molecule has 5 nitrogen and oxygen atoms in total. The lowest BCUT2D eigenvalue weighted by Gasteiger charge is -2.16. The molecule has 2 aromatic rings. The number of hydrogen-bond donors (Lipinski definition) is 1. The number of carbonyl (C=O) groups is 1. The van der Waals surface area contributed by atoms with E-state index in [1.807, 2.05) is 4.90 Å². The molecule has 0 aliphatic carbocycles. The van der Waals surface area contributed by atoms with Gasteiger partial charge in [0.25, 0.3) is 0 Å². The molecule has 1 aliphatic rings. The van der Waals surface area contributed by atoms with Crippen molar-refractivity contribution >= 4 is 15.8 Å². The molecule has 26 heavy (non-hydrogen) atoms. The van der Waals surface area contributed by atoms with Crippen molar-refractivity contribution in [3.63, 3.8) is 0 Å². The van der Waals surface area contributed by atoms with Crippen LogP contribution in [0.1, 0.15) is 17.0 Å². The van der Waals surface area contributed by atoms with Crippen LogP contribution in [0.15, 0.2) is 53.4 Å². The van der Waals surface area contributed by atoms with E-state index in [-0.39, 0.29) is 16.6 Å². The Bertz CT molecular complexity index is 911. The summed E-state index contributed by atoms with van der Waals surface area (Å²) in [4.78, 5) is 13.9. The molecule has 0 saturated carbocycles. The number of sulfone groups is 1. The first-order valence-corrected chi connectivity index (χ1v) is 10.1. The summed E-state index contributed by atoms with van der Waals surface area (Å²) in [6.45, 7) is 1.39. The average Bonchev–Trinajstić information content (AvgIpc) is 2.99. The zero-order valence-electron chi connectivity index (χ0n) is 14.3. The molecule has 138 valence electrons. The highest BCUT2D eigenvalue weighted by molar-refractivity contribution is 7.90. The predicted octanol–water partition coefficient (Wildman–Crippen LogP) is 2.53. The van der Waals surface area contributed by atoms with Crippen molar-refractivity contribution in [1.29, 1.82) is 0 Å². The van der Waals surface area contributed by atoms with Crippen LogP contribution < -0.4 is 0 Å². The molecule has 2 atom stereocenters. The topological polar surface area (TPSA) is 74.7 Å². The third kappa shape index (κ3) is 4.11. The molecule has 1 N–H and O–H groups in total. The molecular weight excluding hydrogens is 357 g/mol. The van der Waals surface area contributed by atoms with E-state index in [4.69, 9.17) is 0 Å². The summed E-state index contributed by atoms with van der Waals surface area (Å²) in [6.07, 6.45) is 1.16. The lowest BCUT2D eigenvalue weighted by molar-refractivity contribution is -0.141. The number of benzene rings is 2. The highest BCUT2D eigenvalue weighted by Crippen LogP contribution is 2.34. The van der Waals surface area contributed by atoms with Crippen molar-refractivity contribution in [1.82, 2.24) is 4.90 Å². The molecule has 7 heteroatoms. The monoisotopic (exact) mass is 377 g/mol. The summed E-state index contributed by atoms with van der Waals surface area (Å²) in [5.74, 6) is -2.15. The van der Waals surface area contributed by atoms with Crippen molar-refractivity contribution in [2.45, 2.75) is 17.4 Å². The molecule has 1 aliphatic heterocycles. The van der Waals surface area contributed by atoms with Gasteiger partial charge in [-0.3, -0.25) is 9.69 Å². The van der Waals surface area contributed by atoms with Crippen LogP contribution in [-0.2, 0) is 21.2 Å². The Morgan fingerprint density at radius 2 is 1.88 bits per heavy atom. The summed E-state index contributed by atoms with van der Waals surface area (Å²) in [5, 5.41) is 9.54. The number of likely N-dealkylation sites (tertiary alicyclic amines) is 1. The van der Waals surface area contributed by atoms with Gasteiger partial charge in [0.1, 0.15) is 5.82 Å². The number of rotatable bonds is 5. The fourth-order valence-corrected chi connectivity index (χ4v) is 4.07. The minimum Gasteiger partial charge on any atom is -0.481 e. The number of carboxylic acids is 1. The Kier molecular flexibility index (Phi) is 5.11. The van der Waals surface area contributed by atoms with Gasteiger partial charge in [0.15, 0.2) is 9.84 Å². The zero-order chi connectivity index (χ0) is 18.9. The van der Waals surface area contributed by atoms with Gasteiger partial charge in [-0.1, -0.05) is 24.3 Å². The van der Waals surface area contributed by atoms with Crippen LogP contribution in [-0.4, -0.2) is 43.7 Å². The predicted molar refractivity (Wildman–Crippen MR) is 95.1 cm³/mol. The Morgan fingerprint density at radius 3 is 2.46 bits per heavy atom. The van der Waals surface area contributed by atoms with Gasteiger partial charge in [0.05, 0.1) is 10.8 Å². The molecule has 1 fully saturated rings. The maximum absolute atomic E-state index is 13.5. The zero-order valence-corrected chi connectivity index (χ0v) is 15.1. The summed E-state index contributed by atoms with van der Waals surface area (Å²) in [6, 6.07) is 12.7. The second-order valence-corrected chi connectivity index (χ2v) is 8.73. The first-order chi connectivity index (χ1) is 12.2. The second kappa shape index (κ2) is 7.17. The summed E-state index contributed by atoms with van der Waals surface area (Å²) in [7, 11) is -3.24. The van der Waals surface area contributed by atoms with E-state index in [1.54, 1.807) is 36.4 Å². The number of nitrogens with zero attached hydrogens (tertiary/aromatic N) is 1. The molecule has 0 unspecified atom stereocenters. The van der Waals surface area contributed by atoms with E-state index in [9.17, 15) is 22.7 Å². The SMILES string of the molecule is CS(=O)(=O)c1ccc(CN2C[C@H](C(=O)O)[C@@H](c3cccc(F)c3)C2)cc1. The normalized spacial score (nSPS) is 21.0. The summed E-state index contributed by atoms with van der Waals surface area (Å²) in [5.41, 5.74) is 1.59. The van der Waals surface area contributed by atoms with Crippen molar-refractivity contribution < 1.29 is 22.7 Å². The third-order valence-corrected chi connectivity index (χ3v) is 5.88. The lowest BCUT2D eigenvalue weighted by atomic mass is 9.89. The van der Waals surface area contributed by atoms with Gasteiger partial charge >= 0.3 is 5.97 Å². The van der Waals surface area contributed by atoms with Crippen molar-refractivity contribution in [3.8, 4) is 0 Å². The number of hydrogen-bond acceptors (Lipinski definition) is 4. The fraction of sp³-hybridized carbons (Fsp3) is 0.316. The molecule has 1 heterocycles. The standard InChI is InChI=1S/C19H20FNO4S/c1-26(24,25)16-7-5-13(6-8-16)10-21-11-17(18(12-21)19(22)23)14-3-2-4-15(20)9-14/h2-9,17-18H,10-12H2,1H3,(H,22,23)/t17-,18+/m1/s1. The molecule has 0 bridgehead atoms. The Labute approximate surface area is 152 Å². The molecule has 0 aromatic heterocycles.